The maximum atomic E-state index is 11.9. The van der Waals surface area contributed by atoms with Gasteiger partial charge in [-0.15, -0.1) is 11.8 Å². The lowest BCUT2D eigenvalue weighted by Gasteiger charge is -2.07. The van der Waals surface area contributed by atoms with Crippen molar-refractivity contribution >= 4 is 35.6 Å². The van der Waals surface area contributed by atoms with Gasteiger partial charge in [-0.1, -0.05) is 31.5 Å². The lowest BCUT2D eigenvalue weighted by Crippen LogP contribution is -2.19. The van der Waals surface area contributed by atoms with E-state index in [2.05, 4.69) is 11.7 Å². The van der Waals surface area contributed by atoms with Gasteiger partial charge in [-0.05, 0) is 29.9 Å². The number of carbonyl (C=O) groups excluding carboxylic acids is 2. The van der Waals surface area contributed by atoms with Crippen LogP contribution in [0.3, 0.4) is 0 Å². The van der Waals surface area contributed by atoms with E-state index in [-0.39, 0.29) is 0 Å². The van der Waals surface area contributed by atoms with Gasteiger partial charge in [-0.25, -0.2) is 4.79 Å². The first-order chi connectivity index (χ1) is 11.0. The predicted molar refractivity (Wildman–Crippen MR) is 89.3 cm³/mol. The Morgan fingerprint density at radius 3 is 2.57 bits per heavy atom. The van der Waals surface area contributed by atoms with E-state index >= 15 is 0 Å². The number of ketones is 1. The highest BCUT2D eigenvalue weighted by Gasteiger charge is 2.19. The molecule has 6 heteroatoms. The lowest BCUT2D eigenvalue weighted by atomic mass is 10.1. The SMILES string of the molecule is CCCCSc1ccccc1/C=C(\C(=O)O)C(=O)COC(C)=O. The van der Waals surface area contributed by atoms with Crippen LogP contribution >= 0.6 is 11.8 Å². The maximum absolute atomic E-state index is 11.9. The highest BCUT2D eigenvalue weighted by Crippen LogP contribution is 2.25. The number of benzene rings is 1. The van der Waals surface area contributed by atoms with Crippen LogP contribution in [0, 0.1) is 0 Å². The number of carboxylic acids is 1. The van der Waals surface area contributed by atoms with E-state index in [1.807, 2.05) is 12.1 Å². The quantitative estimate of drug-likeness (QED) is 0.186. The van der Waals surface area contributed by atoms with Crippen molar-refractivity contribution in [3.8, 4) is 0 Å². The summed E-state index contributed by atoms with van der Waals surface area (Å²) in [7, 11) is 0. The number of hydrogen-bond donors (Lipinski definition) is 1. The number of esters is 1. The van der Waals surface area contributed by atoms with Gasteiger partial charge in [0, 0.05) is 11.8 Å². The van der Waals surface area contributed by atoms with E-state index in [1.54, 1.807) is 23.9 Å². The Labute approximate surface area is 139 Å². The largest absolute Gasteiger partial charge is 0.478 e. The van der Waals surface area contributed by atoms with Gasteiger partial charge in [0.1, 0.15) is 5.57 Å². The molecule has 1 aromatic carbocycles. The molecule has 0 saturated carbocycles. The van der Waals surface area contributed by atoms with Gasteiger partial charge in [0.2, 0.25) is 5.78 Å². The van der Waals surface area contributed by atoms with Crippen LogP contribution in [-0.4, -0.2) is 35.2 Å². The van der Waals surface area contributed by atoms with Gasteiger partial charge in [0.25, 0.3) is 0 Å². The Bertz CT molecular complexity index is 607. The first kappa shape index (κ1) is 19.0. The minimum atomic E-state index is -1.34. The number of unbranched alkanes of at least 4 members (excludes halogenated alkanes) is 1. The number of ether oxygens (including phenoxy) is 1. The minimum absolute atomic E-state index is 0.394. The molecule has 1 N–H and O–H groups in total. The molecule has 0 spiro atoms. The smallest absolute Gasteiger partial charge is 0.339 e. The third-order valence-electron chi connectivity index (χ3n) is 2.91. The molecular weight excluding hydrogens is 316 g/mol. The molecule has 23 heavy (non-hydrogen) atoms. The van der Waals surface area contributed by atoms with Crippen molar-refractivity contribution in [1.82, 2.24) is 0 Å². The average molecular weight is 336 g/mol. The van der Waals surface area contributed by atoms with Crippen LogP contribution < -0.4 is 0 Å². The Kier molecular flexibility index (Phi) is 8.11. The number of thioether (sulfide) groups is 1. The first-order valence-corrected chi connectivity index (χ1v) is 8.27. The molecule has 1 aromatic rings. The van der Waals surface area contributed by atoms with Gasteiger partial charge in [-0.3, -0.25) is 9.59 Å². The third-order valence-corrected chi connectivity index (χ3v) is 4.09. The zero-order chi connectivity index (χ0) is 17.2. The van der Waals surface area contributed by atoms with Gasteiger partial charge < -0.3 is 9.84 Å². The van der Waals surface area contributed by atoms with Crippen LogP contribution in [0.4, 0.5) is 0 Å². The lowest BCUT2D eigenvalue weighted by molar-refractivity contribution is -0.146. The molecule has 124 valence electrons. The molecule has 0 aromatic heterocycles. The van der Waals surface area contributed by atoms with E-state index in [0.717, 1.165) is 30.4 Å². The summed E-state index contributed by atoms with van der Waals surface area (Å²) in [6.45, 7) is 2.69. The molecule has 0 fully saturated rings. The molecule has 0 amide bonds. The third kappa shape index (κ3) is 6.69. The predicted octanol–water partition coefficient (Wildman–Crippen LogP) is 3.18. The van der Waals surface area contributed by atoms with Crippen LogP contribution in [0.25, 0.3) is 6.08 Å². The Balaban J connectivity index is 3.01. The summed E-state index contributed by atoms with van der Waals surface area (Å²) >= 11 is 1.62. The summed E-state index contributed by atoms with van der Waals surface area (Å²) in [6, 6.07) is 7.30. The summed E-state index contributed by atoms with van der Waals surface area (Å²) in [5.41, 5.74) is 0.275. The van der Waals surface area contributed by atoms with Gasteiger partial charge in [0.05, 0.1) is 0 Å². The van der Waals surface area contributed by atoms with Gasteiger partial charge >= 0.3 is 11.9 Å². The summed E-state index contributed by atoms with van der Waals surface area (Å²) in [6.07, 6.45) is 3.47. The molecule has 0 bridgehead atoms. The second-order valence-electron chi connectivity index (χ2n) is 4.81. The Hall–Kier alpha value is -2.08. The normalized spacial score (nSPS) is 11.1. The number of rotatable bonds is 9. The van der Waals surface area contributed by atoms with E-state index in [9.17, 15) is 19.5 Å². The number of carbonyl (C=O) groups is 3. The number of aliphatic carboxylic acids is 1. The minimum Gasteiger partial charge on any atom is -0.478 e. The topological polar surface area (TPSA) is 80.7 Å². The van der Waals surface area contributed by atoms with Gasteiger partial charge in [-0.2, -0.15) is 0 Å². The van der Waals surface area contributed by atoms with Crippen LogP contribution in [0.2, 0.25) is 0 Å². The maximum Gasteiger partial charge on any atom is 0.339 e. The molecule has 0 aliphatic rings. The van der Waals surface area contributed by atoms with Crippen molar-refractivity contribution in [3.05, 3.63) is 35.4 Å². The van der Waals surface area contributed by atoms with Crippen molar-refractivity contribution in [2.24, 2.45) is 0 Å². The molecule has 0 atom stereocenters. The highest BCUT2D eigenvalue weighted by molar-refractivity contribution is 7.99. The zero-order valence-electron chi connectivity index (χ0n) is 13.2. The second kappa shape index (κ2) is 9.84. The van der Waals surface area contributed by atoms with E-state index in [4.69, 9.17) is 0 Å². The summed E-state index contributed by atoms with van der Waals surface area (Å²) < 4.78 is 4.58. The molecule has 0 radical (unpaired) electrons. The molecule has 0 aliphatic heterocycles. The number of Topliss-reactive ketones (excluding diaryl/α,β-unsaturated/α-hetero) is 1. The molecule has 1 rings (SSSR count). The Morgan fingerprint density at radius 2 is 1.96 bits per heavy atom. The first-order valence-electron chi connectivity index (χ1n) is 7.29. The van der Waals surface area contributed by atoms with E-state index < -0.39 is 29.9 Å². The average Bonchev–Trinajstić information content (AvgIpc) is 2.51. The van der Waals surface area contributed by atoms with Crippen LogP contribution in [0.15, 0.2) is 34.7 Å². The van der Waals surface area contributed by atoms with E-state index in [1.165, 1.54) is 6.08 Å². The summed E-state index contributed by atoms with van der Waals surface area (Å²) in [4.78, 5) is 34.9. The standard InChI is InChI=1S/C17H20O5S/c1-3-4-9-23-16-8-6-5-7-13(16)10-14(17(20)21)15(19)11-22-12(2)18/h5-8,10H,3-4,9,11H2,1-2H3,(H,20,21)/b14-10-. The highest BCUT2D eigenvalue weighted by atomic mass is 32.2. The molecule has 0 unspecified atom stereocenters. The summed E-state index contributed by atoms with van der Waals surface area (Å²) in [5, 5.41) is 9.24. The molecule has 5 nitrogen and oxygen atoms in total. The van der Waals surface area contributed by atoms with Gasteiger partial charge in [0.15, 0.2) is 6.61 Å². The van der Waals surface area contributed by atoms with Crippen molar-refractivity contribution in [2.45, 2.75) is 31.6 Å². The fourth-order valence-electron chi connectivity index (χ4n) is 1.72. The molecular formula is C17H20O5S. The Morgan fingerprint density at radius 1 is 1.26 bits per heavy atom. The number of carboxylic acid groups (broad SMARTS) is 1. The van der Waals surface area contributed by atoms with Crippen molar-refractivity contribution in [2.75, 3.05) is 12.4 Å². The van der Waals surface area contributed by atoms with Crippen LogP contribution in [0.5, 0.6) is 0 Å². The molecule has 0 heterocycles. The molecule has 0 saturated heterocycles. The monoisotopic (exact) mass is 336 g/mol. The van der Waals surface area contributed by atoms with Crippen molar-refractivity contribution in [3.63, 3.8) is 0 Å². The van der Waals surface area contributed by atoms with Crippen LogP contribution in [0.1, 0.15) is 32.3 Å². The summed E-state index contributed by atoms with van der Waals surface area (Å²) in [5.74, 6) is -1.78. The molecule has 0 aliphatic carbocycles. The second-order valence-corrected chi connectivity index (χ2v) is 5.94. The van der Waals surface area contributed by atoms with Crippen molar-refractivity contribution in [1.29, 1.82) is 0 Å². The zero-order valence-corrected chi connectivity index (χ0v) is 14.0. The van der Waals surface area contributed by atoms with Crippen molar-refractivity contribution < 1.29 is 24.2 Å². The fraction of sp³-hybridized carbons (Fsp3) is 0.353. The van der Waals surface area contributed by atoms with E-state index in [0.29, 0.717) is 5.56 Å². The number of hydrogen-bond acceptors (Lipinski definition) is 5. The van der Waals surface area contributed by atoms with Crippen LogP contribution in [-0.2, 0) is 19.1 Å². The fourth-order valence-corrected chi connectivity index (χ4v) is 2.84.